The van der Waals surface area contributed by atoms with Crippen LogP contribution < -0.4 is 5.32 Å². The Labute approximate surface area is 115 Å². The maximum Gasteiger partial charge on any atom is 0.246 e. The second-order valence-corrected chi connectivity index (χ2v) is 5.93. The van der Waals surface area contributed by atoms with E-state index in [4.69, 9.17) is 0 Å². The lowest BCUT2D eigenvalue weighted by molar-refractivity contribution is -0.149. The van der Waals surface area contributed by atoms with Gasteiger partial charge in [0.2, 0.25) is 11.8 Å². The van der Waals surface area contributed by atoms with Crippen LogP contribution in [0.4, 0.5) is 0 Å². The van der Waals surface area contributed by atoms with Crippen LogP contribution >= 0.6 is 0 Å². The summed E-state index contributed by atoms with van der Waals surface area (Å²) < 4.78 is 0. The molecule has 2 unspecified atom stereocenters. The average Bonchev–Trinajstić information content (AvgIpc) is 2.41. The minimum absolute atomic E-state index is 0.0103. The SMILES string of the molecule is CCC(C)C1NC(=O)CN(C2CCN(C)CC2)C1=O. The predicted molar refractivity (Wildman–Crippen MR) is 73.6 cm³/mol. The monoisotopic (exact) mass is 267 g/mol. The number of amides is 2. The summed E-state index contributed by atoms with van der Waals surface area (Å²) in [6.45, 7) is 6.33. The first kappa shape index (κ1) is 14.3. The Morgan fingerprint density at radius 3 is 2.53 bits per heavy atom. The van der Waals surface area contributed by atoms with Gasteiger partial charge in [0, 0.05) is 6.04 Å². The molecule has 2 atom stereocenters. The molecule has 2 fully saturated rings. The highest BCUT2D eigenvalue weighted by molar-refractivity contribution is 5.95. The van der Waals surface area contributed by atoms with E-state index in [0.717, 1.165) is 32.4 Å². The molecule has 2 aliphatic rings. The molecule has 0 aromatic carbocycles. The summed E-state index contributed by atoms with van der Waals surface area (Å²) in [5.41, 5.74) is 0. The Balaban J connectivity index is 2.07. The van der Waals surface area contributed by atoms with E-state index in [1.165, 1.54) is 0 Å². The maximum absolute atomic E-state index is 12.5. The van der Waals surface area contributed by atoms with Crippen LogP contribution in [0.3, 0.4) is 0 Å². The Morgan fingerprint density at radius 2 is 1.95 bits per heavy atom. The van der Waals surface area contributed by atoms with E-state index in [9.17, 15) is 9.59 Å². The topological polar surface area (TPSA) is 52.7 Å². The summed E-state index contributed by atoms with van der Waals surface area (Å²) in [7, 11) is 2.10. The van der Waals surface area contributed by atoms with Crippen molar-refractivity contribution in [3.63, 3.8) is 0 Å². The van der Waals surface area contributed by atoms with Crippen molar-refractivity contribution in [1.82, 2.24) is 15.1 Å². The molecule has 2 saturated heterocycles. The van der Waals surface area contributed by atoms with Crippen LogP contribution in [0.5, 0.6) is 0 Å². The van der Waals surface area contributed by atoms with E-state index in [0.29, 0.717) is 0 Å². The van der Waals surface area contributed by atoms with Crippen LogP contribution in [-0.4, -0.2) is 60.4 Å². The van der Waals surface area contributed by atoms with Crippen molar-refractivity contribution >= 4 is 11.8 Å². The van der Waals surface area contributed by atoms with Gasteiger partial charge in [-0.1, -0.05) is 20.3 Å². The molecule has 5 heteroatoms. The Bertz CT molecular complexity index is 351. The number of rotatable bonds is 3. The fourth-order valence-electron chi connectivity index (χ4n) is 2.93. The van der Waals surface area contributed by atoms with Gasteiger partial charge < -0.3 is 15.1 Å². The zero-order valence-electron chi connectivity index (χ0n) is 12.2. The van der Waals surface area contributed by atoms with Crippen molar-refractivity contribution in [2.75, 3.05) is 26.7 Å². The van der Waals surface area contributed by atoms with E-state index in [1.54, 1.807) is 0 Å². The van der Waals surface area contributed by atoms with E-state index in [2.05, 4.69) is 24.2 Å². The number of carbonyl (C=O) groups excluding carboxylic acids is 2. The molecule has 0 bridgehead atoms. The molecule has 0 aliphatic carbocycles. The van der Waals surface area contributed by atoms with Crippen LogP contribution in [0.2, 0.25) is 0 Å². The smallest absolute Gasteiger partial charge is 0.246 e. The molecule has 19 heavy (non-hydrogen) atoms. The number of nitrogens with one attached hydrogen (secondary N) is 1. The molecule has 0 spiro atoms. The summed E-state index contributed by atoms with van der Waals surface area (Å²) in [5, 5.41) is 2.85. The van der Waals surface area contributed by atoms with Crippen molar-refractivity contribution in [1.29, 1.82) is 0 Å². The molecule has 5 nitrogen and oxygen atoms in total. The van der Waals surface area contributed by atoms with Crippen LogP contribution in [0.1, 0.15) is 33.1 Å². The van der Waals surface area contributed by atoms with Crippen molar-refractivity contribution < 1.29 is 9.59 Å². The maximum atomic E-state index is 12.5. The highest BCUT2D eigenvalue weighted by Crippen LogP contribution is 2.21. The van der Waals surface area contributed by atoms with Gasteiger partial charge in [-0.2, -0.15) is 0 Å². The molecule has 0 saturated carbocycles. The first-order valence-electron chi connectivity index (χ1n) is 7.31. The Hall–Kier alpha value is -1.10. The van der Waals surface area contributed by atoms with E-state index < -0.39 is 0 Å². The summed E-state index contributed by atoms with van der Waals surface area (Å²) >= 11 is 0. The summed E-state index contributed by atoms with van der Waals surface area (Å²) in [4.78, 5) is 28.5. The minimum atomic E-state index is -0.328. The van der Waals surface area contributed by atoms with Gasteiger partial charge in [-0.15, -0.1) is 0 Å². The lowest BCUT2D eigenvalue weighted by atomic mass is 9.94. The average molecular weight is 267 g/mol. The number of piperidine rings is 1. The lowest BCUT2D eigenvalue weighted by Crippen LogP contribution is -2.63. The molecular formula is C14H25N3O2. The summed E-state index contributed by atoms with van der Waals surface area (Å²) in [6, 6.07) is -0.0905. The van der Waals surface area contributed by atoms with E-state index in [1.807, 2.05) is 11.8 Å². The van der Waals surface area contributed by atoms with Crippen molar-refractivity contribution in [3.05, 3.63) is 0 Å². The van der Waals surface area contributed by atoms with Gasteiger partial charge in [-0.3, -0.25) is 9.59 Å². The number of hydrogen-bond donors (Lipinski definition) is 1. The van der Waals surface area contributed by atoms with Crippen molar-refractivity contribution in [2.24, 2.45) is 5.92 Å². The van der Waals surface area contributed by atoms with Gasteiger partial charge in [0.15, 0.2) is 0 Å². The van der Waals surface area contributed by atoms with E-state index in [-0.39, 0.29) is 36.4 Å². The molecule has 1 N–H and O–H groups in total. The summed E-state index contributed by atoms with van der Waals surface area (Å²) in [5.74, 6) is 0.304. The molecule has 2 heterocycles. The van der Waals surface area contributed by atoms with Crippen molar-refractivity contribution in [2.45, 2.75) is 45.2 Å². The number of piperazine rings is 1. The fraction of sp³-hybridized carbons (Fsp3) is 0.857. The lowest BCUT2D eigenvalue weighted by Gasteiger charge is -2.42. The largest absolute Gasteiger partial charge is 0.342 e. The molecule has 0 radical (unpaired) electrons. The number of carbonyl (C=O) groups is 2. The van der Waals surface area contributed by atoms with Gasteiger partial charge in [0.05, 0.1) is 6.54 Å². The van der Waals surface area contributed by atoms with Gasteiger partial charge in [0.25, 0.3) is 0 Å². The molecule has 2 rings (SSSR count). The van der Waals surface area contributed by atoms with Crippen LogP contribution in [-0.2, 0) is 9.59 Å². The third-order valence-corrected chi connectivity index (χ3v) is 4.52. The van der Waals surface area contributed by atoms with E-state index >= 15 is 0 Å². The molecule has 108 valence electrons. The second-order valence-electron chi connectivity index (χ2n) is 5.93. The van der Waals surface area contributed by atoms with Gasteiger partial charge in [0.1, 0.15) is 6.04 Å². The third kappa shape index (κ3) is 3.08. The highest BCUT2D eigenvalue weighted by atomic mass is 16.2. The fourth-order valence-corrected chi connectivity index (χ4v) is 2.93. The first-order chi connectivity index (χ1) is 9.02. The Morgan fingerprint density at radius 1 is 1.32 bits per heavy atom. The Kier molecular flexibility index (Phi) is 4.45. The van der Waals surface area contributed by atoms with Crippen LogP contribution in [0.15, 0.2) is 0 Å². The molecule has 2 amide bonds. The zero-order valence-corrected chi connectivity index (χ0v) is 12.2. The predicted octanol–water partition coefficient (Wildman–Crippen LogP) is 0.454. The molecular weight excluding hydrogens is 242 g/mol. The zero-order chi connectivity index (χ0) is 14.0. The highest BCUT2D eigenvalue weighted by Gasteiger charge is 2.39. The van der Waals surface area contributed by atoms with Gasteiger partial charge >= 0.3 is 0 Å². The molecule has 0 aromatic heterocycles. The number of nitrogens with zero attached hydrogens (tertiary/aromatic N) is 2. The second kappa shape index (κ2) is 5.90. The summed E-state index contributed by atoms with van der Waals surface area (Å²) in [6.07, 6.45) is 2.85. The number of likely N-dealkylation sites (tertiary alicyclic amines) is 1. The third-order valence-electron chi connectivity index (χ3n) is 4.52. The van der Waals surface area contributed by atoms with Crippen molar-refractivity contribution in [3.8, 4) is 0 Å². The first-order valence-corrected chi connectivity index (χ1v) is 7.31. The molecule has 2 aliphatic heterocycles. The molecule has 0 aromatic rings. The van der Waals surface area contributed by atoms with Crippen LogP contribution in [0.25, 0.3) is 0 Å². The minimum Gasteiger partial charge on any atom is -0.342 e. The normalized spacial score (nSPS) is 28.4. The van der Waals surface area contributed by atoms with Gasteiger partial charge in [-0.05, 0) is 38.9 Å². The standard InChI is InChI=1S/C14H25N3O2/c1-4-10(2)13-14(19)17(9-12(18)15-13)11-5-7-16(3)8-6-11/h10-11,13H,4-9H2,1-3H3,(H,15,18). The van der Waals surface area contributed by atoms with Gasteiger partial charge in [-0.25, -0.2) is 0 Å². The number of hydrogen-bond acceptors (Lipinski definition) is 3. The van der Waals surface area contributed by atoms with Crippen LogP contribution in [0, 0.1) is 5.92 Å². The quantitative estimate of drug-likeness (QED) is 0.808.